The highest BCUT2D eigenvalue weighted by Gasteiger charge is 2.26. The van der Waals surface area contributed by atoms with Gasteiger partial charge in [0.25, 0.3) is 0 Å². The van der Waals surface area contributed by atoms with Crippen LogP contribution < -0.4 is 15.4 Å². The SMILES string of the molecule is CCC(=O)c1sc(N(C)CC2CCC2)c(OC(C)C)c1N. The van der Waals surface area contributed by atoms with Crippen molar-refractivity contribution in [2.24, 2.45) is 5.92 Å². The first-order chi connectivity index (χ1) is 9.93. The van der Waals surface area contributed by atoms with Crippen molar-refractivity contribution in [1.82, 2.24) is 0 Å². The summed E-state index contributed by atoms with van der Waals surface area (Å²) < 4.78 is 5.90. The van der Waals surface area contributed by atoms with E-state index in [1.54, 1.807) is 0 Å². The average Bonchev–Trinajstić information content (AvgIpc) is 2.70. The maximum Gasteiger partial charge on any atom is 0.177 e. The highest BCUT2D eigenvalue weighted by molar-refractivity contribution is 7.19. The average molecular weight is 310 g/mol. The standard InChI is InChI=1S/C16H26N2O2S/c1-5-12(19)15-13(17)14(20-10(2)3)16(21-15)18(4)9-11-7-6-8-11/h10-11H,5-9,17H2,1-4H3. The van der Waals surface area contributed by atoms with E-state index in [0.29, 0.717) is 22.7 Å². The van der Waals surface area contributed by atoms with E-state index in [-0.39, 0.29) is 11.9 Å². The normalized spacial score (nSPS) is 15.1. The number of carbonyl (C=O) groups excluding carboxylic acids is 1. The summed E-state index contributed by atoms with van der Waals surface area (Å²) in [5.74, 6) is 1.54. The molecule has 0 aromatic carbocycles. The van der Waals surface area contributed by atoms with Gasteiger partial charge in [0.1, 0.15) is 5.00 Å². The van der Waals surface area contributed by atoms with E-state index in [1.165, 1.54) is 30.6 Å². The molecule has 0 bridgehead atoms. The molecule has 1 saturated carbocycles. The summed E-state index contributed by atoms with van der Waals surface area (Å²) in [5.41, 5.74) is 6.69. The van der Waals surface area contributed by atoms with Crippen LogP contribution in [0, 0.1) is 5.92 Å². The molecule has 0 atom stereocenters. The van der Waals surface area contributed by atoms with E-state index in [0.717, 1.165) is 17.5 Å². The van der Waals surface area contributed by atoms with E-state index in [4.69, 9.17) is 10.5 Å². The van der Waals surface area contributed by atoms with Crippen LogP contribution in [-0.2, 0) is 0 Å². The predicted molar refractivity (Wildman–Crippen MR) is 89.7 cm³/mol. The minimum absolute atomic E-state index is 0.0438. The van der Waals surface area contributed by atoms with E-state index in [2.05, 4.69) is 11.9 Å². The predicted octanol–water partition coefficient (Wildman–Crippen LogP) is 3.95. The Bertz CT molecular complexity index is 507. The van der Waals surface area contributed by atoms with Crippen LogP contribution in [0.5, 0.6) is 5.75 Å². The summed E-state index contributed by atoms with van der Waals surface area (Å²) in [6.45, 7) is 6.83. The van der Waals surface area contributed by atoms with Crippen molar-refractivity contribution >= 4 is 27.8 Å². The van der Waals surface area contributed by atoms with Crippen molar-refractivity contribution in [3.05, 3.63) is 4.88 Å². The number of ether oxygens (including phenoxy) is 1. The van der Waals surface area contributed by atoms with Crippen LogP contribution in [0.25, 0.3) is 0 Å². The van der Waals surface area contributed by atoms with Gasteiger partial charge in [0.15, 0.2) is 11.5 Å². The Kier molecular flexibility index (Phi) is 5.14. The lowest BCUT2D eigenvalue weighted by Gasteiger charge is -2.31. The van der Waals surface area contributed by atoms with Crippen molar-refractivity contribution in [1.29, 1.82) is 0 Å². The van der Waals surface area contributed by atoms with Crippen molar-refractivity contribution in [3.63, 3.8) is 0 Å². The number of nitrogens with two attached hydrogens (primary N) is 1. The second-order valence-electron chi connectivity index (χ2n) is 6.10. The Morgan fingerprint density at radius 3 is 2.62 bits per heavy atom. The summed E-state index contributed by atoms with van der Waals surface area (Å²) in [6.07, 6.45) is 4.44. The highest BCUT2D eigenvalue weighted by Crippen LogP contribution is 2.46. The molecule has 1 heterocycles. The molecule has 1 aromatic heterocycles. The lowest BCUT2D eigenvalue weighted by Crippen LogP contribution is -2.29. The van der Waals surface area contributed by atoms with E-state index < -0.39 is 0 Å². The molecule has 2 rings (SSSR count). The molecule has 1 aliphatic rings. The molecular weight excluding hydrogens is 284 g/mol. The van der Waals surface area contributed by atoms with Gasteiger partial charge >= 0.3 is 0 Å². The van der Waals surface area contributed by atoms with Gasteiger partial charge < -0.3 is 15.4 Å². The van der Waals surface area contributed by atoms with Crippen LogP contribution in [0.1, 0.15) is 56.1 Å². The van der Waals surface area contributed by atoms with Gasteiger partial charge in [0.2, 0.25) is 0 Å². The minimum Gasteiger partial charge on any atom is -0.486 e. The molecule has 0 unspecified atom stereocenters. The number of nitrogen functional groups attached to an aromatic ring is 1. The van der Waals surface area contributed by atoms with E-state index in [9.17, 15) is 4.79 Å². The Morgan fingerprint density at radius 1 is 1.48 bits per heavy atom. The molecule has 21 heavy (non-hydrogen) atoms. The molecule has 0 saturated heterocycles. The van der Waals surface area contributed by atoms with Crippen LogP contribution in [0.4, 0.5) is 10.7 Å². The number of thiophene rings is 1. The maximum absolute atomic E-state index is 12.1. The molecule has 1 fully saturated rings. The van der Waals surface area contributed by atoms with Crippen molar-refractivity contribution in [3.8, 4) is 5.75 Å². The number of nitrogens with zero attached hydrogens (tertiary/aromatic N) is 1. The van der Waals surface area contributed by atoms with Gasteiger partial charge in [-0.25, -0.2) is 0 Å². The topological polar surface area (TPSA) is 55.6 Å². The molecule has 5 heteroatoms. The lowest BCUT2D eigenvalue weighted by atomic mass is 9.85. The Balaban J connectivity index is 2.29. The molecule has 0 radical (unpaired) electrons. The number of rotatable bonds is 7. The highest BCUT2D eigenvalue weighted by atomic mass is 32.1. The van der Waals surface area contributed by atoms with E-state index >= 15 is 0 Å². The fourth-order valence-electron chi connectivity index (χ4n) is 2.53. The first-order valence-corrected chi connectivity index (χ1v) is 8.58. The first kappa shape index (κ1) is 16.1. The van der Waals surface area contributed by atoms with Crippen LogP contribution in [0.3, 0.4) is 0 Å². The number of anilines is 2. The molecule has 2 N–H and O–H groups in total. The molecule has 1 aromatic rings. The zero-order chi connectivity index (χ0) is 15.6. The third kappa shape index (κ3) is 3.51. The Morgan fingerprint density at radius 2 is 2.14 bits per heavy atom. The van der Waals surface area contributed by atoms with Gasteiger partial charge in [-0.1, -0.05) is 13.3 Å². The van der Waals surface area contributed by atoms with Gasteiger partial charge in [-0.05, 0) is 32.6 Å². The summed E-state index contributed by atoms with van der Waals surface area (Å²) in [6, 6.07) is 0. The monoisotopic (exact) mass is 310 g/mol. The van der Waals surface area contributed by atoms with Crippen LogP contribution in [0.15, 0.2) is 0 Å². The molecule has 4 nitrogen and oxygen atoms in total. The molecule has 0 amide bonds. The fourth-order valence-corrected chi connectivity index (χ4v) is 3.67. The quantitative estimate of drug-likeness (QED) is 0.775. The molecule has 0 aliphatic heterocycles. The van der Waals surface area contributed by atoms with Crippen molar-refractivity contribution < 1.29 is 9.53 Å². The number of Topliss-reactive ketones (excluding diaryl/α,β-unsaturated/α-hetero) is 1. The van der Waals surface area contributed by atoms with Crippen LogP contribution in [0.2, 0.25) is 0 Å². The Labute approximate surface area is 131 Å². The summed E-state index contributed by atoms with van der Waals surface area (Å²) in [7, 11) is 2.07. The second-order valence-corrected chi connectivity index (χ2v) is 7.10. The third-order valence-corrected chi connectivity index (χ3v) is 5.26. The third-order valence-electron chi connectivity index (χ3n) is 3.91. The molecule has 1 aliphatic carbocycles. The van der Waals surface area contributed by atoms with Gasteiger partial charge in [0, 0.05) is 20.0 Å². The Hall–Kier alpha value is -1.23. The van der Waals surface area contributed by atoms with Crippen molar-refractivity contribution in [2.75, 3.05) is 24.2 Å². The molecule has 0 spiro atoms. The first-order valence-electron chi connectivity index (χ1n) is 7.77. The largest absolute Gasteiger partial charge is 0.486 e. The second kappa shape index (κ2) is 6.69. The summed E-state index contributed by atoms with van der Waals surface area (Å²) in [5, 5.41) is 0.991. The van der Waals surface area contributed by atoms with Gasteiger partial charge in [-0.15, -0.1) is 11.3 Å². The number of carbonyl (C=O) groups is 1. The molecular formula is C16H26N2O2S. The summed E-state index contributed by atoms with van der Waals surface area (Å²) in [4.78, 5) is 14.9. The van der Waals surface area contributed by atoms with Crippen LogP contribution >= 0.6 is 11.3 Å². The minimum atomic E-state index is 0.0438. The zero-order valence-electron chi connectivity index (χ0n) is 13.4. The lowest BCUT2D eigenvalue weighted by molar-refractivity contribution is 0.0992. The summed E-state index contributed by atoms with van der Waals surface area (Å²) >= 11 is 1.47. The number of ketones is 1. The van der Waals surface area contributed by atoms with Crippen LogP contribution in [-0.4, -0.2) is 25.5 Å². The zero-order valence-corrected chi connectivity index (χ0v) is 14.3. The fraction of sp³-hybridized carbons (Fsp3) is 0.688. The maximum atomic E-state index is 12.1. The van der Waals surface area contributed by atoms with Gasteiger partial charge in [0.05, 0.1) is 16.7 Å². The smallest absolute Gasteiger partial charge is 0.177 e. The number of hydrogen-bond acceptors (Lipinski definition) is 5. The molecule has 118 valence electrons. The van der Waals surface area contributed by atoms with E-state index in [1.807, 2.05) is 20.8 Å². The van der Waals surface area contributed by atoms with Gasteiger partial charge in [-0.2, -0.15) is 0 Å². The number of hydrogen-bond donors (Lipinski definition) is 1. The van der Waals surface area contributed by atoms with Crippen molar-refractivity contribution in [2.45, 2.75) is 52.6 Å². The van der Waals surface area contributed by atoms with Gasteiger partial charge in [-0.3, -0.25) is 4.79 Å².